The number of ether oxygens (including phenoxy) is 3. The topological polar surface area (TPSA) is 36.9 Å². The van der Waals surface area contributed by atoms with E-state index in [0.717, 1.165) is 48.5 Å². The quantitative estimate of drug-likeness (QED) is 0.0745. The molecule has 4 nitrogen and oxygen atoms in total. The largest absolute Gasteiger partial charge is 0.543 e. The molecule has 1 rings (SSSR count). The highest BCUT2D eigenvalue weighted by atomic mass is 28.4. The van der Waals surface area contributed by atoms with E-state index < -0.39 is 8.32 Å². The molecule has 1 aromatic rings. The summed E-state index contributed by atoms with van der Waals surface area (Å²) in [6.07, 6.45) is 8.24. The molecule has 34 heavy (non-hydrogen) atoms. The van der Waals surface area contributed by atoms with Crippen LogP contribution < -0.4 is 9.47 Å². The Bertz CT molecular complexity index is 878. The van der Waals surface area contributed by atoms with Gasteiger partial charge in [-0.3, -0.25) is 0 Å². The van der Waals surface area contributed by atoms with E-state index in [1.54, 1.807) is 14.2 Å². The van der Waals surface area contributed by atoms with Gasteiger partial charge in [0.25, 0.3) is 0 Å². The molecular formula is C29H46O4Si. The second kappa shape index (κ2) is 14.3. The molecule has 0 aliphatic carbocycles. The van der Waals surface area contributed by atoms with Gasteiger partial charge < -0.3 is 18.6 Å². The van der Waals surface area contributed by atoms with Crippen molar-refractivity contribution >= 4 is 14.1 Å². The molecule has 0 radical (unpaired) electrons. The molecule has 0 spiro atoms. The third-order valence-electron chi connectivity index (χ3n) is 6.06. The predicted octanol–water partition coefficient (Wildman–Crippen LogP) is 8.21. The molecule has 0 N–H and O–H groups in total. The Balaban J connectivity index is 3.21. The second-order valence-electron chi connectivity index (χ2n) is 10.5. The highest BCUT2D eigenvalue weighted by molar-refractivity contribution is 6.74. The first-order chi connectivity index (χ1) is 15.9. The first-order valence-corrected chi connectivity index (χ1v) is 15.1. The standard InChI is InChI=1S/C29H46O4Si/c1-23(2)16-14-12-11-13-15-17-24(3)20-28(33-34(9,10)29(4,5)6)26-21-25(31-8)18-19-27(26)32-22-30-7/h16,18-21,24H,12,14-15,17,22H2,1-10H3/b28-20-/t24-/m0/s1. The Hall–Kier alpha value is -2.16. The van der Waals surface area contributed by atoms with Gasteiger partial charge in [0.2, 0.25) is 8.32 Å². The van der Waals surface area contributed by atoms with E-state index in [-0.39, 0.29) is 11.8 Å². The maximum Gasteiger partial charge on any atom is 0.250 e. The van der Waals surface area contributed by atoms with Crippen LogP contribution in [0.4, 0.5) is 0 Å². The number of allylic oxidation sites excluding steroid dienone is 3. The van der Waals surface area contributed by atoms with Crippen molar-refractivity contribution in [2.45, 2.75) is 85.4 Å². The molecular weight excluding hydrogens is 440 g/mol. The summed E-state index contributed by atoms with van der Waals surface area (Å²) in [6, 6.07) is 5.80. The zero-order valence-electron chi connectivity index (χ0n) is 23.1. The number of rotatable bonds is 12. The number of benzene rings is 1. The molecule has 1 atom stereocenters. The van der Waals surface area contributed by atoms with Crippen molar-refractivity contribution in [2.75, 3.05) is 21.0 Å². The van der Waals surface area contributed by atoms with Crippen LogP contribution in [-0.2, 0) is 9.16 Å². The summed E-state index contributed by atoms with van der Waals surface area (Å²) in [5, 5.41) is 0.0680. The van der Waals surface area contributed by atoms with E-state index in [4.69, 9.17) is 18.6 Å². The highest BCUT2D eigenvalue weighted by Crippen LogP contribution is 2.42. The van der Waals surface area contributed by atoms with E-state index in [0.29, 0.717) is 5.92 Å². The molecule has 5 heteroatoms. The summed E-state index contributed by atoms with van der Waals surface area (Å²) in [5.41, 5.74) is 2.24. The highest BCUT2D eigenvalue weighted by Gasteiger charge is 2.40. The lowest BCUT2D eigenvalue weighted by molar-refractivity contribution is 0.0507. The van der Waals surface area contributed by atoms with Gasteiger partial charge in [0, 0.05) is 20.0 Å². The lowest BCUT2D eigenvalue weighted by atomic mass is 10.0. The second-order valence-corrected chi connectivity index (χ2v) is 15.2. The van der Waals surface area contributed by atoms with Gasteiger partial charge in [-0.1, -0.05) is 39.3 Å². The number of unbranched alkanes of at least 4 members (excludes halogenated alkanes) is 1. The van der Waals surface area contributed by atoms with Gasteiger partial charge >= 0.3 is 0 Å². The summed E-state index contributed by atoms with van der Waals surface area (Å²) >= 11 is 0. The third kappa shape index (κ3) is 10.4. The van der Waals surface area contributed by atoms with Crippen molar-refractivity contribution in [1.82, 2.24) is 0 Å². The van der Waals surface area contributed by atoms with E-state index in [1.165, 1.54) is 5.57 Å². The van der Waals surface area contributed by atoms with E-state index >= 15 is 0 Å². The van der Waals surface area contributed by atoms with Crippen molar-refractivity contribution in [3.05, 3.63) is 41.5 Å². The maximum absolute atomic E-state index is 6.84. The molecule has 0 bridgehead atoms. The molecule has 0 fully saturated rings. The number of hydrogen-bond donors (Lipinski definition) is 0. The summed E-state index contributed by atoms with van der Waals surface area (Å²) in [4.78, 5) is 0. The van der Waals surface area contributed by atoms with Crippen molar-refractivity contribution < 1.29 is 18.6 Å². The maximum atomic E-state index is 6.84. The van der Waals surface area contributed by atoms with Gasteiger partial charge in [0.15, 0.2) is 6.79 Å². The molecule has 0 saturated heterocycles. The summed E-state index contributed by atoms with van der Waals surface area (Å²) in [5.74, 6) is 9.26. The zero-order valence-corrected chi connectivity index (χ0v) is 24.1. The minimum atomic E-state index is -2.09. The average molecular weight is 487 g/mol. The van der Waals surface area contributed by atoms with Gasteiger partial charge in [0.05, 0.1) is 12.7 Å². The SMILES string of the molecule is COCOc1ccc(OC)cc1/C(=C/[C@@H](C)CCC#CCCC=C(C)C)O[Si](C)(C)C(C)(C)C. The summed E-state index contributed by atoms with van der Waals surface area (Å²) in [7, 11) is 1.20. The minimum Gasteiger partial charge on any atom is -0.543 e. The van der Waals surface area contributed by atoms with Crippen molar-refractivity contribution in [1.29, 1.82) is 0 Å². The van der Waals surface area contributed by atoms with Crippen LogP contribution in [0.1, 0.15) is 72.8 Å². The lowest BCUT2D eigenvalue weighted by Crippen LogP contribution is -2.40. The first kappa shape index (κ1) is 29.9. The van der Waals surface area contributed by atoms with Gasteiger partial charge in [-0.05, 0) is 75.0 Å². The number of hydrogen-bond acceptors (Lipinski definition) is 4. The van der Waals surface area contributed by atoms with Crippen LogP contribution in [0, 0.1) is 17.8 Å². The van der Waals surface area contributed by atoms with Gasteiger partial charge in [-0.15, -0.1) is 11.8 Å². The fourth-order valence-corrected chi connectivity index (χ4v) is 3.97. The minimum absolute atomic E-state index is 0.0680. The van der Waals surface area contributed by atoms with Crippen LogP contribution in [0.5, 0.6) is 11.5 Å². The summed E-state index contributed by atoms with van der Waals surface area (Å²) < 4.78 is 23.4. The van der Waals surface area contributed by atoms with E-state index in [2.05, 4.69) is 78.6 Å². The summed E-state index contributed by atoms with van der Waals surface area (Å²) in [6.45, 7) is 17.9. The molecule has 0 amide bonds. The average Bonchev–Trinajstić information content (AvgIpc) is 2.75. The fraction of sp³-hybridized carbons (Fsp3) is 0.586. The fourth-order valence-electron chi connectivity index (χ4n) is 2.94. The molecule has 0 saturated carbocycles. The Morgan fingerprint density at radius 3 is 2.35 bits per heavy atom. The lowest BCUT2D eigenvalue weighted by Gasteiger charge is -2.38. The van der Waals surface area contributed by atoms with E-state index in [9.17, 15) is 0 Å². The molecule has 0 heterocycles. The van der Waals surface area contributed by atoms with Gasteiger partial charge in [0.1, 0.15) is 17.3 Å². The van der Waals surface area contributed by atoms with Crippen molar-refractivity contribution in [3.8, 4) is 23.3 Å². The Morgan fingerprint density at radius 2 is 1.76 bits per heavy atom. The smallest absolute Gasteiger partial charge is 0.250 e. The van der Waals surface area contributed by atoms with Crippen LogP contribution in [0.3, 0.4) is 0 Å². The molecule has 0 aromatic heterocycles. The Labute approximate surface area is 209 Å². The van der Waals surface area contributed by atoms with Crippen molar-refractivity contribution in [3.63, 3.8) is 0 Å². The zero-order chi connectivity index (χ0) is 25.8. The molecule has 190 valence electrons. The molecule has 0 aliphatic rings. The van der Waals surface area contributed by atoms with Crippen LogP contribution in [0.25, 0.3) is 5.76 Å². The molecule has 0 aliphatic heterocycles. The van der Waals surface area contributed by atoms with E-state index in [1.807, 2.05) is 18.2 Å². The first-order valence-electron chi connectivity index (χ1n) is 12.2. The molecule has 1 aromatic carbocycles. The Kier molecular flexibility index (Phi) is 12.5. The van der Waals surface area contributed by atoms with Crippen molar-refractivity contribution in [2.24, 2.45) is 5.92 Å². The van der Waals surface area contributed by atoms with Gasteiger partial charge in [-0.25, -0.2) is 0 Å². The van der Waals surface area contributed by atoms with Crippen LogP contribution in [0.2, 0.25) is 18.1 Å². The predicted molar refractivity (Wildman–Crippen MR) is 147 cm³/mol. The normalized spacial score (nSPS) is 12.9. The molecule has 0 unspecified atom stereocenters. The van der Waals surface area contributed by atoms with Crippen LogP contribution in [0.15, 0.2) is 35.9 Å². The van der Waals surface area contributed by atoms with Crippen LogP contribution >= 0.6 is 0 Å². The van der Waals surface area contributed by atoms with Gasteiger partial charge in [-0.2, -0.15) is 0 Å². The number of methoxy groups -OCH3 is 2. The Morgan fingerprint density at radius 1 is 1.09 bits per heavy atom. The van der Waals surface area contributed by atoms with Crippen LogP contribution in [-0.4, -0.2) is 29.3 Å². The third-order valence-corrected chi connectivity index (χ3v) is 10.4. The monoisotopic (exact) mass is 486 g/mol.